The summed E-state index contributed by atoms with van der Waals surface area (Å²) in [5, 5.41) is 22.5. The summed E-state index contributed by atoms with van der Waals surface area (Å²) in [6.07, 6.45) is 0. The highest BCUT2D eigenvalue weighted by atomic mass is 16.6. The smallest absolute Gasteiger partial charge is 0.270 e. The molecule has 1 atom stereocenters. The number of carbonyl (C=O) groups excluding carboxylic acids is 1. The number of nitro groups is 1. The first kappa shape index (κ1) is 17.0. The average Bonchev–Trinajstić information content (AvgIpc) is 2.60. The molecule has 122 valence electrons. The SMILES string of the molecule is COc1ccc([N+](=O)[O-])cc1C(=O)NC(C)c1ccc(C#N)cc1. The van der Waals surface area contributed by atoms with Gasteiger partial charge in [-0.1, -0.05) is 12.1 Å². The van der Waals surface area contributed by atoms with Gasteiger partial charge in [0, 0.05) is 12.1 Å². The molecule has 0 radical (unpaired) electrons. The van der Waals surface area contributed by atoms with Crippen LogP contribution in [0.25, 0.3) is 0 Å². The van der Waals surface area contributed by atoms with Gasteiger partial charge in [0.05, 0.1) is 35.3 Å². The molecular weight excluding hydrogens is 310 g/mol. The quantitative estimate of drug-likeness (QED) is 0.672. The Morgan fingerprint density at radius 3 is 2.50 bits per heavy atom. The lowest BCUT2D eigenvalue weighted by Gasteiger charge is -2.15. The van der Waals surface area contributed by atoms with Crippen molar-refractivity contribution in [3.63, 3.8) is 0 Å². The number of non-ortho nitro benzene ring substituents is 1. The van der Waals surface area contributed by atoms with Crippen molar-refractivity contribution >= 4 is 11.6 Å². The Hall–Kier alpha value is -3.40. The zero-order valence-electron chi connectivity index (χ0n) is 13.1. The minimum atomic E-state index is -0.569. The van der Waals surface area contributed by atoms with Gasteiger partial charge < -0.3 is 10.1 Å². The van der Waals surface area contributed by atoms with Gasteiger partial charge in [-0.15, -0.1) is 0 Å². The first-order valence-corrected chi connectivity index (χ1v) is 7.09. The van der Waals surface area contributed by atoms with Crippen LogP contribution in [0.3, 0.4) is 0 Å². The number of hydrogen-bond donors (Lipinski definition) is 1. The molecule has 0 spiro atoms. The number of hydrogen-bond acceptors (Lipinski definition) is 5. The molecule has 0 aliphatic carbocycles. The molecule has 0 aliphatic heterocycles. The molecule has 0 saturated heterocycles. The van der Waals surface area contributed by atoms with E-state index in [0.717, 1.165) is 5.56 Å². The van der Waals surface area contributed by atoms with Crippen molar-refractivity contribution < 1.29 is 14.5 Å². The molecule has 0 bridgehead atoms. The number of methoxy groups -OCH3 is 1. The molecule has 0 aromatic heterocycles. The zero-order chi connectivity index (χ0) is 17.7. The van der Waals surface area contributed by atoms with Crippen LogP contribution in [0.4, 0.5) is 5.69 Å². The van der Waals surface area contributed by atoms with E-state index in [1.165, 1.54) is 25.3 Å². The lowest BCUT2D eigenvalue weighted by Crippen LogP contribution is -2.27. The van der Waals surface area contributed by atoms with E-state index in [1.54, 1.807) is 31.2 Å². The highest BCUT2D eigenvalue weighted by Crippen LogP contribution is 2.25. The largest absolute Gasteiger partial charge is 0.496 e. The van der Waals surface area contributed by atoms with Crippen molar-refractivity contribution in [3.05, 3.63) is 69.3 Å². The van der Waals surface area contributed by atoms with Crippen LogP contribution < -0.4 is 10.1 Å². The van der Waals surface area contributed by atoms with Crippen LogP contribution in [0, 0.1) is 21.4 Å². The van der Waals surface area contributed by atoms with Crippen LogP contribution in [0.2, 0.25) is 0 Å². The molecule has 1 unspecified atom stereocenters. The van der Waals surface area contributed by atoms with Crippen LogP contribution in [0.5, 0.6) is 5.75 Å². The predicted octanol–water partition coefficient (Wildman–Crippen LogP) is 2.97. The normalized spacial score (nSPS) is 11.2. The monoisotopic (exact) mass is 325 g/mol. The number of benzene rings is 2. The van der Waals surface area contributed by atoms with Crippen molar-refractivity contribution in [2.24, 2.45) is 0 Å². The van der Waals surface area contributed by atoms with Gasteiger partial charge in [-0.05, 0) is 30.7 Å². The lowest BCUT2D eigenvalue weighted by atomic mass is 10.1. The van der Waals surface area contributed by atoms with Crippen molar-refractivity contribution in [2.45, 2.75) is 13.0 Å². The second kappa shape index (κ2) is 7.24. The fraction of sp³-hybridized carbons (Fsp3) is 0.176. The number of amides is 1. The van der Waals surface area contributed by atoms with E-state index in [2.05, 4.69) is 5.32 Å². The molecule has 1 N–H and O–H groups in total. The molecule has 0 heterocycles. The minimum Gasteiger partial charge on any atom is -0.496 e. The van der Waals surface area contributed by atoms with E-state index in [4.69, 9.17) is 10.00 Å². The van der Waals surface area contributed by atoms with Gasteiger partial charge >= 0.3 is 0 Å². The highest BCUT2D eigenvalue weighted by molar-refractivity contribution is 5.97. The molecule has 1 amide bonds. The molecule has 7 heteroatoms. The predicted molar refractivity (Wildman–Crippen MR) is 86.7 cm³/mol. The number of carbonyl (C=O) groups is 1. The Morgan fingerprint density at radius 2 is 1.96 bits per heavy atom. The number of ether oxygens (including phenoxy) is 1. The van der Waals surface area contributed by atoms with Crippen LogP contribution in [-0.2, 0) is 0 Å². The zero-order valence-corrected chi connectivity index (χ0v) is 13.1. The summed E-state index contributed by atoms with van der Waals surface area (Å²) in [7, 11) is 1.39. The topological polar surface area (TPSA) is 105 Å². The third-order valence-electron chi connectivity index (χ3n) is 3.53. The maximum absolute atomic E-state index is 12.4. The Bertz CT molecular complexity index is 810. The third kappa shape index (κ3) is 3.67. The molecule has 2 rings (SSSR count). The average molecular weight is 325 g/mol. The Balaban J connectivity index is 2.23. The van der Waals surface area contributed by atoms with E-state index >= 15 is 0 Å². The molecule has 24 heavy (non-hydrogen) atoms. The summed E-state index contributed by atoms with van der Waals surface area (Å²) in [6, 6.07) is 12.3. The molecule has 7 nitrogen and oxygen atoms in total. The molecule has 0 aliphatic rings. The van der Waals surface area contributed by atoms with Gasteiger partial charge in [0.15, 0.2) is 0 Å². The first-order chi connectivity index (χ1) is 11.5. The molecule has 0 fully saturated rings. The van der Waals surface area contributed by atoms with Crippen LogP contribution in [-0.4, -0.2) is 17.9 Å². The van der Waals surface area contributed by atoms with E-state index in [-0.39, 0.29) is 23.0 Å². The second-order valence-electron chi connectivity index (χ2n) is 5.07. The lowest BCUT2D eigenvalue weighted by molar-refractivity contribution is -0.384. The van der Waals surface area contributed by atoms with Crippen molar-refractivity contribution in [2.75, 3.05) is 7.11 Å². The number of nitro benzene ring substituents is 1. The van der Waals surface area contributed by atoms with E-state index < -0.39 is 10.8 Å². The van der Waals surface area contributed by atoms with E-state index in [0.29, 0.717) is 5.56 Å². The first-order valence-electron chi connectivity index (χ1n) is 7.09. The summed E-state index contributed by atoms with van der Waals surface area (Å²) in [4.78, 5) is 22.8. The van der Waals surface area contributed by atoms with Crippen molar-refractivity contribution in [1.29, 1.82) is 5.26 Å². The maximum Gasteiger partial charge on any atom is 0.270 e. The van der Waals surface area contributed by atoms with Gasteiger partial charge in [-0.3, -0.25) is 14.9 Å². The van der Waals surface area contributed by atoms with Crippen LogP contribution in [0.1, 0.15) is 34.5 Å². The van der Waals surface area contributed by atoms with Crippen LogP contribution in [0.15, 0.2) is 42.5 Å². The molecule has 0 saturated carbocycles. The van der Waals surface area contributed by atoms with Crippen molar-refractivity contribution in [3.8, 4) is 11.8 Å². The van der Waals surface area contributed by atoms with Gasteiger partial charge in [-0.25, -0.2) is 0 Å². The number of nitrogens with one attached hydrogen (secondary N) is 1. The van der Waals surface area contributed by atoms with Gasteiger partial charge in [0.2, 0.25) is 0 Å². The van der Waals surface area contributed by atoms with E-state index in [1.807, 2.05) is 6.07 Å². The number of nitrogens with zero attached hydrogens (tertiary/aromatic N) is 2. The second-order valence-corrected chi connectivity index (χ2v) is 5.07. The minimum absolute atomic E-state index is 0.0900. The Morgan fingerprint density at radius 1 is 1.29 bits per heavy atom. The number of nitriles is 1. The summed E-state index contributed by atoms with van der Waals surface area (Å²) in [5.74, 6) is -0.225. The van der Waals surface area contributed by atoms with Gasteiger partial charge in [0.1, 0.15) is 5.75 Å². The molecule has 2 aromatic carbocycles. The van der Waals surface area contributed by atoms with Crippen molar-refractivity contribution in [1.82, 2.24) is 5.32 Å². The highest BCUT2D eigenvalue weighted by Gasteiger charge is 2.19. The van der Waals surface area contributed by atoms with E-state index in [9.17, 15) is 14.9 Å². The molecular formula is C17H15N3O4. The summed E-state index contributed by atoms with van der Waals surface area (Å²) in [5.41, 5.74) is 1.24. The third-order valence-corrected chi connectivity index (χ3v) is 3.53. The maximum atomic E-state index is 12.4. The van der Waals surface area contributed by atoms with Gasteiger partial charge in [0.25, 0.3) is 11.6 Å². The Labute approximate surface area is 138 Å². The summed E-state index contributed by atoms with van der Waals surface area (Å²) >= 11 is 0. The van der Waals surface area contributed by atoms with Crippen LogP contribution >= 0.6 is 0 Å². The number of rotatable bonds is 5. The summed E-state index contributed by atoms with van der Waals surface area (Å²) < 4.78 is 5.10. The summed E-state index contributed by atoms with van der Waals surface area (Å²) in [6.45, 7) is 1.78. The fourth-order valence-electron chi connectivity index (χ4n) is 2.19. The fourth-order valence-corrected chi connectivity index (χ4v) is 2.19. The van der Waals surface area contributed by atoms with Gasteiger partial charge in [-0.2, -0.15) is 5.26 Å². The molecule has 2 aromatic rings. The Kier molecular flexibility index (Phi) is 5.12. The standard InChI is InChI=1S/C17H15N3O4/c1-11(13-5-3-12(10-18)4-6-13)19-17(21)15-9-14(20(22)23)7-8-16(15)24-2/h3-9,11H,1-2H3,(H,19,21).